The fourth-order valence-corrected chi connectivity index (χ4v) is 2.95. The minimum absolute atomic E-state index is 0.193. The molecule has 1 amide bonds. The van der Waals surface area contributed by atoms with E-state index in [4.69, 9.17) is 0 Å². The van der Waals surface area contributed by atoms with Gasteiger partial charge in [0, 0.05) is 12.6 Å². The van der Waals surface area contributed by atoms with Crippen molar-refractivity contribution >= 4 is 12.0 Å². The molecule has 0 heterocycles. The van der Waals surface area contributed by atoms with Crippen molar-refractivity contribution in [2.75, 3.05) is 0 Å². The van der Waals surface area contributed by atoms with Crippen molar-refractivity contribution in [1.29, 1.82) is 0 Å². The van der Waals surface area contributed by atoms with E-state index in [0.717, 1.165) is 22.3 Å². The van der Waals surface area contributed by atoms with Gasteiger partial charge in [-0.3, -0.25) is 4.79 Å². The fraction of sp³-hybridized carbons (Fsp3) is 0.375. The van der Waals surface area contributed by atoms with Crippen molar-refractivity contribution in [2.24, 2.45) is 0 Å². The maximum atomic E-state index is 12.2. The number of aromatic hydroxyl groups is 2. The highest BCUT2D eigenvalue weighted by molar-refractivity contribution is 5.91. The minimum atomic E-state index is -0.205. The lowest BCUT2D eigenvalue weighted by Crippen LogP contribution is -2.22. The molecule has 0 atom stereocenters. The molecule has 0 unspecified atom stereocenters. The molecule has 3 N–H and O–H groups in total. The van der Waals surface area contributed by atoms with Gasteiger partial charge in [-0.2, -0.15) is 0 Å². The lowest BCUT2D eigenvalue weighted by atomic mass is 9.78. The van der Waals surface area contributed by atoms with Crippen LogP contribution in [0.2, 0.25) is 0 Å². The summed E-state index contributed by atoms with van der Waals surface area (Å²) in [6.07, 6.45) is 3.18. The third kappa shape index (κ3) is 5.62. The Labute approximate surface area is 167 Å². The summed E-state index contributed by atoms with van der Waals surface area (Å²) in [5.41, 5.74) is 3.14. The van der Waals surface area contributed by atoms with Gasteiger partial charge in [-0.1, -0.05) is 53.7 Å². The van der Waals surface area contributed by atoms with Gasteiger partial charge in [-0.25, -0.2) is 0 Å². The normalized spacial score (nSPS) is 12.4. The molecule has 4 nitrogen and oxygen atoms in total. The monoisotopic (exact) mass is 381 g/mol. The molecule has 0 aliphatic rings. The van der Waals surface area contributed by atoms with Gasteiger partial charge in [-0.15, -0.1) is 0 Å². The second-order valence-electron chi connectivity index (χ2n) is 9.18. The molecule has 0 saturated heterocycles. The van der Waals surface area contributed by atoms with E-state index >= 15 is 0 Å². The standard InChI is InChI=1S/C24H31NO3/c1-23(2,3)19-13-17(14-20(22(19)28)24(4,5)6)15-25-21(27)12-9-16-7-10-18(26)11-8-16/h7-14,26,28H,15H2,1-6H3,(H,25,27). The van der Waals surface area contributed by atoms with Crippen molar-refractivity contribution in [3.05, 3.63) is 64.7 Å². The van der Waals surface area contributed by atoms with Gasteiger partial charge in [0.1, 0.15) is 11.5 Å². The summed E-state index contributed by atoms with van der Waals surface area (Å²) in [6.45, 7) is 12.8. The summed E-state index contributed by atoms with van der Waals surface area (Å²) in [5.74, 6) is 0.330. The summed E-state index contributed by atoms with van der Waals surface area (Å²) in [5, 5.41) is 23.0. The smallest absolute Gasteiger partial charge is 0.244 e. The Bertz CT molecular complexity index is 831. The van der Waals surface area contributed by atoms with Gasteiger partial charge < -0.3 is 15.5 Å². The molecule has 0 aromatic heterocycles. The maximum absolute atomic E-state index is 12.2. The van der Waals surface area contributed by atoms with Crippen LogP contribution in [-0.4, -0.2) is 16.1 Å². The van der Waals surface area contributed by atoms with E-state index in [0.29, 0.717) is 12.3 Å². The first-order valence-electron chi connectivity index (χ1n) is 9.50. The van der Waals surface area contributed by atoms with Crippen molar-refractivity contribution in [1.82, 2.24) is 5.32 Å². The van der Waals surface area contributed by atoms with E-state index in [1.165, 1.54) is 6.08 Å². The van der Waals surface area contributed by atoms with Crippen LogP contribution >= 0.6 is 0 Å². The third-order valence-corrected chi connectivity index (χ3v) is 4.57. The van der Waals surface area contributed by atoms with Gasteiger partial charge in [0.15, 0.2) is 0 Å². The fourth-order valence-electron chi connectivity index (χ4n) is 2.95. The molecule has 2 aromatic rings. The summed E-state index contributed by atoms with van der Waals surface area (Å²) >= 11 is 0. The first kappa shape index (κ1) is 21.5. The Balaban J connectivity index is 2.19. The molecule has 0 spiro atoms. The molecule has 0 radical (unpaired) electrons. The number of phenols is 2. The van der Waals surface area contributed by atoms with E-state index in [1.54, 1.807) is 30.3 Å². The van der Waals surface area contributed by atoms with Gasteiger partial charge >= 0.3 is 0 Å². The van der Waals surface area contributed by atoms with Crippen LogP contribution < -0.4 is 5.32 Å². The molecule has 0 saturated carbocycles. The SMILES string of the molecule is CC(C)(C)c1cc(CNC(=O)C=Cc2ccc(O)cc2)cc(C(C)(C)C)c1O. The largest absolute Gasteiger partial charge is 0.508 e. The van der Waals surface area contributed by atoms with Gasteiger partial charge in [0.2, 0.25) is 5.91 Å². The number of carbonyl (C=O) groups excluding carboxylic acids is 1. The molecule has 0 aliphatic heterocycles. The van der Waals surface area contributed by atoms with Crippen LogP contribution in [0.4, 0.5) is 0 Å². The lowest BCUT2D eigenvalue weighted by molar-refractivity contribution is -0.116. The summed E-state index contributed by atoms with van der Waals surface area (Å²) in [6, 6.07) is 10.6. The van der Waals surface area contributed by atoms with Crippen LogP contribution in [0.3, 0.4) is 0 Å². The number of benzene rings is 2. The second kappa shape index (κ2) is 8.09. The molecule has 150 valence electrons. The topological polar surface area (TPSA) is 69.6 Å². The van der Waals surface area contributed by atoms with Crippen LogP contribution in [0.15, 0.2) is 42.5 Å². The number of carbonyl (C=O) groups is 1. The number of amides is 1. The third-order valence-electron chi connectivity index (χ3n) is 4.57. The van der Waals surface area contributed by atoms with Crippen LogP contribution in [0.1, 0.15) is 63.8 Å². The predicted molar refractivity (Wildman–Crippen MR) is 114 cm³/mol. The van der Waals surface area contributed by atoms with Crippen molar-refractivity contribution in [2.45, 2.75) is 58.9 Å². The predicted octanol–water partition coefficient (Wildman–Crippen LogP) is 5.02. The number of rotatable bonds is 4. The Hall–Kier alpha value is -2.75. The first-order valence-corrected chi connectivity index (χ1v) is 9.50. The van der Waals surface area contributed by atoms with E-state index < -0.39 is 0 Å². The number of hydrogen-bond donors (Lipinski definition) is 3. The highest BCUT2D eigenvalue weighted by Gasteiger charge is 2.26. The van der Waals surface area contributed by atoms with Crippen molar-refractivity contribution < 1.29 is 15.0 Å². The maximum Gasteiger partial charge on any atom is 0.244 e. The molecular formula is C24H31NO3. The van der Waals surface area contributed by atoms with Crippen LogP contribution in [-0.2, 0) is 22.2 Å². The number of nitrogens with one attached hydrogen (secondary N) is 1. The minimum Gasteiger partial charge on any atom is -0.508 e. The molecule has 2 aromatic carbocycles. The Morgan fingerprint density at radius 2 is 1.43 bits per heavy atom. The Morgan fingerprint density at radius 3 is 1.89 bits per heavy atom. The van der Waals surface area contributed by atoms with Gasteiger partial charge in [-0.05, 0) is 63.4 Å². The van der Waals surface area contributed by atoms with E-state index in [-0.39, 0.29) is 22.5 Å². The summed E-state index contributed by atoms with van der Waals surface area (Å²) in [4.78, 5) is 12.2. The second-order valence-corrected chi connectivity index (χ2v) is 9.18. The van der Waals surface area contributed by atoms with Gasteiger partial charge in [0.25, 0.3) is 0 Å². The van der Waals surface area contributed by atoms with Crippen molar-refractivity contribution in [3.63, 3.8) is 0 Å². The number of hydrogen-bond acceptors (Lipinski definition) is 3. The molecule has 4 heteroatoms. The van der Waals surface area contributed by atoms with Gasteiger partial charge in [0.05, 0.1) is 0 Å². The molecule has 0 aliphatic carbocycles. The summed E-state index contributed by atoms with van der Waals surface area (Å²) in [7, 11) is 0. The Kier molecular flexibility index (Phi) is 6.23. The number of phenolic OH excluding ortho intramolecular Hbond substituents is 2. The Morgan fingerprint density at radius 1 is 0.929 bits per heavy atom. The van der Waals surface area contributed by atoms with Crippen LogP contribution in [0.25, 0.3) is 6.08 Å². The average Bonchev–Trinajstić information content (AvgIpc) is 2.58. The molecule has 2 rings (SSSR count). The zero-order valence-corrected chi connectivity index (χ0v) is 17.6. The molecule has 0 bridgehead atoms. The van der Waals surface area contributed by atoms with Crippen LogP contribution in [0.5, 0.6) is 11.5 Å². The van der Waals surface area contributed by atoms with Crippen molar-refractivity contribution in [3.8, 4) is 11.5 Å². The zero-order chi connectivity index (χ0) is 21.1. The van der Waals surface area contributed by atoms with E-state index in [1.807, 2.05) is 12.1 Å². The quantitative estimate of drug-likeness (QED) is 0.651. The highest BCUT2D eigenvalue weighted by Crippen LogP contribution is 2.39. The first-order chi connectivity index (χ1) is 12.9. The van der Waals surface area contributed by atoms with Crippen LogP contribution in [0, 0.1) is 0 Å². The van der Waals surface area contributed by atoms with E-state index in [9.17, 15) is 15.0 Å². The zero-order valence-electron chi connectivity index (χ0n) is 17.6. The highest BCUT2D eigenvalue weighted by atomic mass is 16.3. The summed E-state index contributed by atoms with van der Waals surface area (Å²) < 4.78 is 0. The molecule has 28 heavy (non-hydrogen) atoms. The lowest BCUT2D eigenvalue weighted by Gasteiger charge is -2.28. The van der Waals surface area contributed by atoms with E-state index in [2.05, 4.69) is 46.9 Å². The molecular weight excluding hydrogens is 350 g/mol. The molecule has 0 fully saturated rings. The average molecular weight is 382 g/mol.